The van der Waals surface area contributed by atoms with Crippen molar-refractivity contribution in [3.05, 3.63) is 59.8 Å². The second kappa shape index (κ2) is 12.3. The zero-order valence-electron chi connectivity index (χ0n) is 17.8. The molecule has 7 heteroatoms. The number of nitrogens with one attached hydrogen (secondary N) is 3. The van der Waals surface area contributed by atoms with Crippen molar-refractivity contribution in [1.82, 2.24) is 15.6 Å². The van der Waals surface area contributed by atoms with Crippen molar-refractivity contribution >= 4 is 40.8 Å². The number of H-pyrrole nitrogens is 1. The summed E-state index contributed by atoms with van der Waals surface area (Å²) < 4.78 is 10.6. The summed E-state index contributed by atoms with van der Waals surface area (Å²) in [4.78, 5) is 7.64. The van der Waals surface area contributed by atoms with Crippen molar-refractivity contribution < 1.29 is 9.47 Å². The lowest BCUT2D eigenvalue weighted by Gasteiger charge is -2.13. The number of aliphatic imine (C=N–C) groups is 1. The van der Waals surface area contributed by atoms with Gasteiger partial charge in [-0.05, 0) is 48.6 Å². The molecule has 0 unspecified atom stereocenters. The molecule has 3 N–H and O–H groups in total. The number of nitrogens with zero attached hydrogens (tertiary/aromatic N) is 1. The Kier molecular flexibility index (Phi) is 9.79. The van der Waals surface area contributed by atoms with Crippen LogP contribution in [0.1, 0.15) is 17.5 Å². The molecule has 3 rings (SSSR count). The molecule has 0 bridgehead atoms. The SMILES string of the molecule is CN=C(NCCCc1c[nH]c2ccccc12)NCCc1ccc(OC)c(OC)c1.I. The summed E-state index contributed by atoms with van der Waals surface area (Å²) in [5.74, 6) is 2.33. The van der Waals surface area contributed by atoms with Crippen molar-refractivity contribution in [3.8, 4) is 11.5 Å². The number of benzene rings is 2. The standard InChI is InChI=1S/C23H30N4O2.HI/c1-24-23(26-14-12-17-10-11-21(28-2)22(15-17)29-3)25-13-6-7-18-16-27-20-9-5-4-8-19(18)20;/h4-5,8-11,15-16,27H,6-7,12-14H2,1-3H3,(H2,24,25,26);1H. The van der Waals surface area contributed by atoms with Crippen molar-refractivity contribution in [2.75, 3.05) is 34.4 Å². The largest absolute Gasteiger partial charge is 0.493 e. The van der Waals surface area contributed by atoms with E-state index in [9.17, 15) is 0 Å². The normalized spacial score (nSPS) is 11.1. The highest BCUT2D eigenvalue weighted by atomic mass is 127. The Bertz CT molecular complexity index is 955. The highest BCUT2D eigenvalue weighted by Crippen LogP contribution is 2.27. The molecule has 3 aromatic rings. The van der Waals surface area contributed by atoms with E-state index >= 15 is 0 Å². The maximum absolute atomic E-state index is 5.36. The van der Waals surface area contributed by atoms with Gasteiger partial charge in [0.2, 0.25) is 0 Å². The molecule has 1 aromatic heterocycles. The van der Waals surface area contributed by atoms with E-state index < -0.39 is 0 Å². The van der Waals surface area contributed by atoms with Crippen molar-refractivity contribution in [3.63, 3.8) is 0 Å². The third-order valence-electron chi connectivity index (χ3n) is 4.97. The van der Waals surface area contributed by atoms with Crippen LogP contribution in [0.3, 0.4) is 0 Å². The number of fused-ring (bicyclic) bond motifs is 1. The van der Waals surface area contributed by atoms with Gasteiger partial charge in [0.1, 0.15) is 0 Å². The van der Waals surface area contributed by atoms with Crippen LogP contribution in [0.25, 0.3) is 10.9 Å². The quantitative estimate of drug-likeness (QED) is 0.171. The molecule has 0 radical (unpaired) electrons. The van der Waals surface area contributed by atoms with Gasteiger partial charge in [0.15, 0.2) is 17.5 Å². The minimum atomic E-state index is 0. The minimum Gasteiger partial charge on any atom is -0.493 e. The summed E-state index contributed by atoms with van der Waals surface area (Å²) in [5, 5.41) is 8.07. The lowest BCUT2D eigenvalue weighted by atomic mass is 10.1. The molecule has 162 valence electrons. The lowest BCUT2D eigenvalue weighted by molar-refractivity contribution is 0.354. The number of ether oxygens (including phenoxy) is 2. The van der Waals surface area contributed by atoms with E-state index in [1.165, 1.54) is 22.0 Å². The van der Waals surface area contributed by atoms with Crippen LogP contribution >= 0.6 is 24.0 Å². The Morgan fingerprint density at radius 1 is 0.967 bits per heavy atom. The van der Waals surface area contributed by atoms with Crippen molar-refractivity contribution in [2.24, 2.45) is 4.99 Å². The highest BCUT2D eigenvalue weighted by molar-refractivity contribution is 14.0. The van der Waals surface area contributed by atoms with Crippen molar-refractivity contribution in [1.29, 1.82) is 0 Å². The molecule has 0 aliphatic heterocycles. The predicted molar refractivity (Wildman–Crippen MR) is 135 cm³/mol. The molecule has 0 atom stereocenters. The van der Waals surface area contributed by atoms with E-state index in [1.807, 2.05) is 12.1 Å². The van der Waals surface area contributed by atoms with Crippen LogP contribution in [0.15, 0.2) is 53.7 Å². The highest BCUT2D eigenvalue weighted by Gasteiger charge is 2.06. The minimum absolute atomic E-state index is 0. The molecule has 0 aliphatic rings. The third kappa shape index (κ3) is 6.29. The number of aromatic amines is 1. The van der Waals surface area contributed by atoms with E-state index in [-0.39, 0.29) is 24.0 Å². The van der Waals surface area contributed by atoms with E-state index in [4.69, 9.17) is 9.47 Å². The molecular weight excluding hydrogens is 491 g/mol. The maximum atomic E-state index is 5.36. The smallest absolute Gasteiger partial charge is 0.190 e. The Morgan fingerprint density at radius 3 is 2.50 bits per heavy atom. The van der Waals surface area contributed by atoms with Gasteiger partial charge in [0.25, 0.3) is 0 Å². The summed E-state index contributed by atoms with van der Waals surface area (Å²) in [6.07, 6.45) is 5.05. The number of hydrogen-bond donors (Lipinski definition) is 3. The number of halogens is 1. The number of para-hydroxylation sites is 1. The third-order valence-corrected chi connectivity index (χ3v) is 4.97. The van der Waals surface area contributed by atoms with Gasteiger partial charge >= 0.3 is 0 Å². The molecule has 0 spiro atoms. The van der Waals surface area contributed by atoms with E-state index in [0.29, 0.717) is 0 Å². The van der Waals surface area contributed by atoms with Gasteiger partial charge < -0.3 is 25.1 Å². The van der Waals surface area contributed by atoms with E-state index in [2.05, 4.69) is 57.1 Å². The first kappa shape index (κ1) is 23.9. The van der Waals surface area contributed by atoms with Crippen LogP contribution in [-0.2, 0) is 12.8 Å². The first-order valence-corrected chi connectivity index (χ1v) is 9.95. The molecular formula is C23H31IN4O2. The lowest BCUT2D eigenvalue weighted by Crippen LogP contribution is -2.38. The van der Waals surface area contributed by atoms with Crippen LogP contribution in [0.5, 0.6) is 11.5 Å². The zero-order chi connectivity index (χ0) is 20.5. The summed E-state index contributed by atoms with van der Waals surface area (Å²) >= 11 is 0. The second-order valence-corrected chi connectivity index (χ2v) is 6.83. The van der Waals surface area contributed by atoms with Crippen molar-refractivity contribution in [2.45, 2.75) is 19.3 Å². The fourth-order valence-electron chi connectivity index (χ4n) is 3.41. The maximum Gasteiger partial charge on any atom is 0.190 e. The van der Waals surface area contributed by atoms with E-state index in [1.54, 1.807) is 21.3 Å². The Labute approximate surface area is 195 Å². The summed E-state index contributed by atoms with van der Waals surface area (Å²) in [6, 6.07) is 14.4. The number of aromatic nitrogens is 1. The summed E-state index contributed by atoms with van der Waals surface area (Å²) in [6.45, 7) is 1.66. The molecule has 2 aromatic carbocycles. The van der Waals surface area contributed by atoms with Gasteiger partial charge in [-0.25, -0.2) is 0 Å². The van der Waals surface area contributed by atoms with Gasteiger partial charge in [0.05, 0.1) is 14.2 Å². The Balaban J connectivity index is 0.00000320. The Hall–Kier alpha value is -2.42. The average molecular weight is 522 g/mol. The van der Waals surface area contributed by atoms with Crippen LogP contribution in [0.4, 0.5) is 0 Å². The predicted octanol–water partition coefficient (Wildman–Crippen LogP) is 4.14. The molecule has 0 aliphatic carbocycles. The number of hydrogen-bond acceptors (Lipinski definition) is 3. The monoisotopic (exact) mass is 522 g/mol. The van der Waals surface area contributed by atoms with Crippen LogP contribution < -0.4 is 20.1 Å². The van der Waals surface area contributed by atoms with Crippen LogP contribution in [0, 0.1) is 0 Å². The topological polar surface area (TPSA) is 70.7 Å². The molecule has 6 nitrogen and oxygen atoms in total. The van der Waals surface area contributed by atoms with Gasteiger partial charge in [0, 0.05) is 37.2 Å². The average Bonchev–Trinajstić information content (AvgIpc) is 3.18. The fourth-order valence-corrected chi connectivity index (χ4v) is 3.41. The molecule has 30 heavy (non-hydrogen) atoms. The summed E-state index contributed by atoms with van der Waals surface area (Å²) in [7, 11) is 5.10. The van der Waals surface area contributed by atoms with Gasteiger partial charge in [-0.3, -0.25) is 4.99 Å². The first-order valence-electron chi connectivity index (χ1n) is 9.95. The number of methoxy groups -OCH3 is 2. The van der Waals surface area contributed by atoms with Gasteiger partial charge in [-0.1, -0.05) is 24.3 Å². The zero-order valence-corrected chi connectivity index (χ0v) is 20.2. The second-order valence-electron chi connectivity index (χ2n) is 6.83. The molecule has 0 fully saturated rings. The molecule has 0 saturated carbocycles. The van der Waals surface area contributed by atoms with E-state index in [0.717, 1.165) is 49.8 Å². The number of rotatable bonds is 9. The number of guanidine groups is 1. The molecule has 1 heterocycles. The Morgan fingerprint density at radius 2 is 1.73 bits per heavy atom. The number of aryl methyl sites for hydroxylation is 1. The molecule has 0 amide bonds. The van der Waals surface area contributed by atoms with Crippen LogP contribution in [-0.4, -0.2) is 45.3 Å². The first-order chi connectivity index (χ1) is 14.2. The fraction of sp³-hybridized carbons (Fsp3) is 0.348. The van der Waals surface area contributed by atoms with Gasteiger partial charge in [-0.15, -0.1) is 24.0 Å². The van der Waals surface area contributed by atoms with Gasteiger partial charge in [-0.2, -0.15) is 0 Å². The van der Waals surface area contributed by atoms with Crippen LogP contribution in [0.2, 0.25) is 0 Å². The summed E-state index contributed by atoms with van der Waals surface area (Å²) in [5.41, 5.74) is 3.74. The molecule has 0 saturated heterocycles.